The van der Waals surface area contributed by atoms with Crippen LogP contribution < -0.4 is 5.32 Å². The average Bonchev–Trinajstić information content (AvgIpc) is 2.63. The number of nitrogens with one attached hydrogen (secondary N) is 1. The molecule has 0 aliphatic carbocycles. The lowest BCUT2D eigenvalue weighted by Crippen LogP contribution is -2.20. The molecule has 0 bridgehead atoms. The van der Waals surface area contributed by atoms with Gasteiger partial charge in [0.05, 0.1) is 18.7 Å². The van der Waals surface area contributed by atoms with Gasteiger partial charge in [0.1, 0.15) is 5.82 Å². The fourth-order valence-electron chi connectivity index (χ4n) is 1.61. The van der Waals surface area contributed by atoms with Crippen LogP contribution in [0.3, 0.4) is 0 Å². The number of ether oxygens (including phenoxy) is 1. The largest absolute Gasteiger partial charge is 0.383 e. The zero-order valence-electron chi connectivity index (χ0n) is 9.60. The van der Waals surface area contributed by atoms with E-state index in [0.717, 1.165) is 30.1 Å². The highest BCUT2D eigenvalue weighted by Gasteiger charge is 2.06. The monoisotopic (exact) mass is 220 g/mol. The van der Waals surface area contributed by atoms with Crippen molar-refractivity contribution in [1.29, 1.82) is 0 Å². The number of hydrogen-bond acceptors (Lipinski definition) is 4. The maximum atomic E-state index is 4.97. The smallest absolute Gasteiger partial charge is 0.177 e. The average molecular weight is 220 g/mol. The number of imidazole rings is 1. The van der Waals surface area contributed by atoms with Gasteiger partial charge in [0.2, 0.25) is 0 Å². The predicted molar refractivity (Wildman–Crippen MR) is 62.1 cm³/mol. The molecule has 0 saturated heterocycles. The lowest BCUT2D eigenvalue weighted by molar-refractivity contribution is 0.199. The van der Waals surface area contributed by atoms with Crippen LogP contribution in [0.15, 0.2) is 18.3 Å². The van der Waals surface area contributed by atoms with Crippen molar-refractivity contribution in [3.8, 4) is 0 Å². The van der Waals surface area contributed by atoms with Crippen molar-refractivity contribution in [1.82, 2.24) is 19.9 Å². The second-order valence-electron chi connectivity index (χ2n) is 3.60. The van der Waals surface area contributed by atoms with Crippen molar-refractivity contribution in [3.05, 3.63) is 24.2 Å². The highest BCUT2D eigenvalue weighted by molar-refractivity contribution is 5.71. The normalized spacial score (nSPS) is 11.1. The van der Waals surface area contributed by atoms with E-state index in [1.807, 2.05) is 19.2 Å². The van der Waals surface area contributed by atoms with Crippen LogP contribution in [-0.4, -0.2) is 34.8 Å². The van der Waals surface area contributed by atoms with E-state index in [1.54, 1.807) is 13.3 Å². The van der Waals surface area contributed by atoms with E-state index >= 15 is 0 Å². The summed E-state index contributed by atoms with van der Waals surface area (Å²) in [5, 5.41) is 3.27. The van der Waals surface area contributed by atoms with Gasteiger partial charge in [-0.05, 0) is 12.1 Å². The molecule has 5 heteroatoms. The minimum absolute atomic E-state index is 0.711. The highest BCUT2D eigenvalue weighted by atomic mass is 16.5. The van der Waals surface area contributed by atoms with Gasteiger partial charge in [0.25, 0.3) is 0 Å². The Labute approximate surface area is 94.5 Å². The molecule has 16 heavy (non-hydrogen) atoms. The second-order valence-corrected chi connectivity index (χ2v) is 3.60. The molecule has 0 amide bonds. The maximum absolute atomic E-state index is 4.97. The van der Waals surface area contributed by atoms with Crippen LogP contribution in [0.4, 0.5) is 0 Å². The van der Waals surface area contributed by atoms with Crippen LogP contribution in [0.25, 0.3) is 11.2 Å². The summed E-state index contributed by atoms with van der Waals surface area (Å²) in [6.45, 7) is 2.27. The van der Waals surface area contributed by atoms with Gasteiger partial charge in [0.15, 0.2) is 5.65 Å². The Hall–Kier alpha value is -1.46. The molecule has 5 nitrogen and oxygen atoms in total. The number of aromatic nitrogens is 3. The highest BCUT2D eigenvalue weighted by Crippen LogP contribution is 2.11. The van der Waals surface area contributed by atoms with Crippen molar-refractivity contribution in [2.45, 2.75) is 6.54 Å². The van der Waals surface area contributed by atoms with Crippen LogP contribution in [0.1, 0.15) is 5.82 Å². The van der Waals surface area contributed by atoms with Crippen LogP contribution in [0.5, 0.6) is 0 Å². The summed E-state index contributed by atoms with van der Waals surface area (Å²) in [4.78, 5) is 8.68. The number of methoxy groups -OCH3 is 1. The molecule has 1 N–H and O–H groups in total. The Balaban J connectivity index is 2.09. The standard InChI is InChI=1S/C11H16N4O/c1-15-9-4-3-5-13-11(9)14-10(15)8-12-6-7-16-2/h3-5,12H,6-8H2,1-2H3. The lowest BCUT2D eigenvalue weighted by Gasteiger charge is -2.03. The number of nitrogens with zero attached hydrogens (tertiary/aromatic N) is 3. The minimum atomic E-state index is 0.711. The summed E-state index contributed by atoms with van der Waals surface area (Å²) in [6, 6.07) is 3.94. The molecule has 0 aliphatic rings. The summed E-state index contributed by atoms with van der Waals surface area (Å²) in [5.41, 5.74) is 1.86. The summed E-state index contributed by atoms with van der Waals surface area (Å²) >= 11 is 0. The van der Waals surface area contributed by atoms with E-state index in [4.69, 9.17) is 4.74 Å². The van der Waals surface area contributed by atoms with Crippen LogP contribution in [-0.2, 0) is 18.3 Å². The van der Waals surface area contributed by atoms with Crippen LogP contribution in [0.2, 0.25) is 0 Å². The molecule has 0 unspecified atom stereocenters. The van der Waals surface area contributed by atoms with Gasteiger partial charge >= 0.3 is 0 Å². The fraction of sp³-hybridized carbons (Fsp3) is 0.455. The van der Waals surface area contributed by atoms with Crippen LogP contribution >= 0.6 is 0 Å². The predicted octanol–water partition coefficient (Wildman–Crippen LogP) is 0.704. The van der Waals surface area contributed by atoms with E-state index in [0.29, 0.717) is 6.61 Å². The molecule has 0 atom stereocenters. The number of rotatable bonds is 5. The lowest BCUT2D eigenvalue weighted by atomic mass is 10.4. The number of aryl methyl sites for hydroxylation is 1. The first-order valence-corrected chi connectivity index (χ1v) is 5.29. The van der Waals surface area contributed by atoms with Crippen LogP contribution in [0, 0.1) is 0 Å². The Morgan fingerprint density at radius 1 is 1.50 bits per heavy atom. The molecular weight excluding hydrogens is 204 g/mol. The summed E-state index contributed by atoms with van der Waals surface area (Å²) in [6.07, 6.45) is 1.76. The van der Waals surface area contributed by atoms with E-state index in [2.05, 4.69) is 19.9 Å². The van der Waals surface area contributed by atoms with Gasteiger partial charge in [-0.2, -0.15) is 0 Å². The SMILES string of the molecule is COCCNCc1nc2ncccc2n1C. The van der Waals surface area contributed by atoms with Gasteiger partial charge in [-0.15, -0.1) is 0 Å². The Morgan fingerprint density at radius 3 is 3.12 bits per heavy atom. The summed E-state index contributed by atoms with van der Waals surface area (Å²) in [7, 11) is 3.70. The molecular formula is C11H16N4O. The molecule has 0 radical (unpaired) electrons. The molecule has 0 aliphatic heterocycles. The van der Waals surface area contributed by atoms with Gasteiger partial charge < -0.3 is 14.6 Å². The van der Waals surface area contributed by atoms with Gasteiger partial charge in [-0.25, -0.2) is 9.97 Å². The zero-order valence-corrected chi connectivity index (χ0v) is 9.60. The number of hydrogen-bond donors (Lipinski definition) is 1. The topological polar surface area (TPSA) is 52.0 Å². The Bertz CT molecular complexity index is 466. The maximum Gasteiger partial charge on any atom is 0.177 e. The van der Waals surface area contributed by atoms with Crippen molar-refractivity contribution >= 4 is 11.2 Å². The van der Waals surface area contributed by atoms with E-state index in [1.165, 1.54) is 0 Å². The number of pyridine rings is 1. The quantitative estimate of drug-likeness (QED) is 0.754. The first kappa shape index (κ1) is 11.0. The minimum Gasteiger partial charge on any atom is -0.383 e. The van der Waals surface area contributed by atoms with Crippen molar-refractivity contribution in [2.24, 2.45) is 7.05 Å². The molecule has 0 spiro atoms. The molecule has 2 rings (SSSR count). The molecule has 2 aromatic rings. The fourth-order valence-corrected chi connectivity index (χ4v) is 1.61. The van der Waals surface area contributed by atoms with E-state index in [9.17, 15) is 0 Å². The molecule has 2 heterocycles. The first-order valence-electron chi connectivity index (χ1n) is 5.29. The third-order valence-electron chi connectivity index (χ3n) is 2.52. The third kappa shape index (κ3) is 2.20. The zero-order chi connectivity index (χ0) is 11.4. The Kier molecular flexibility index (Phi) is 3.48. The molecule has 0 saturated carbocycles. The van der Waals surface area contributed by atoms with E-state index in [-0.39, 0.29) is 0 Å². The van der Waals surface area contributed by atoms with Gasteiger partial charge in [0, 0.05) is 26.9 Å². The second kappa shape index (κ2) is 5.05. The Morgan fingerprint density at radius 2 is 2.38 bits per heavy atom. The van der Waals surface area contributed by atoms with Gasteiger partial charge in [-0.3, -0.25) is 0 Å². The molecule has 0 fully saturated rings. The first-order chi connectivity index (χ1) is 7.83. The van der Waals surface area contributed by atoms with E-state index < -0.39 is 0 Å². The summed E-state index contributed by atoms with van der Waals surface area (Å²) in [5.74, 6) is 0.991. The van der Waals surface area contributed by atoms with Crippen molar-refractivity contribution in [2.75, 3.05) is 20.3 Å². The number of fused-ring (bicyclic) bond motifs is 1. The van der Waals surface area contributed by atoms with Gasteiger partial charge in [-0.1, -0.05) is 0 Å². The third-order valence-corrected chi connectivity index (χ3v) is 2.52. The molecule has 0 aromatic carbocycles. The molecule has 86 valence electrons. The van der Waals surface area contributed by atoms with Crippen molar-refractivity contribution < 1.29 is 4.74 Å². The van der Waals surface area contributed by atoms with Crippen molar-refractivity contribution in [3.63, 3.8) is 0 Å². The molecule has 2 aromatic heterocycles. The summed E-state index contributed by atoms with van der Waals surface area (Å²) < 4.78 is 7.02.